The normalized spacial score (nSPS) is 13.5. The van der Waals surface area contributed by atoms with Crippen molar-refractivity contribution in [1.82, 2.24) is 9.97 Å². The Balaban J connectivity index is 0.000000174. The van der Waals surface area contributed by atoms with Gasteiger partial charge in [0.15, 0.2) is 0 Å². The Morgan fingerprint density at radius 3 is 2.00 bits per heavy atom. The van der Waals surface area contributed by atoms with E-state index in [2.05, 4.69) is 112 Å². The minimum atomic E-state index is -2.19. The number of para-hydroxylation sites is 1. The van der Waals surface area contributed by atoms with Crippen molar-refractivity contribution in [2.24, 2.45) is 0 Å². The van der Waals surface area contributed by atoms with Crippen molar-refractivity contribution in [3.05, 3.63) is 175 Å². The van der Waals surface area contributed by atoms with Crippen LogP contribution in [0.4, 0.5) is 0 Å². The molecule has 0 bridgehead atoms. The van der Waals surface area contributed by atoms with E-state index in [1.165, 1.54) is 11.1 Å². The van der Waals surface area contributed by atoms with Gasteiger partial charge in [0.05, 0.1) is 5.58 Å². The smallest absolute Gasteiger partial charge is 0.260 e. The Morgan fingerprint density at radius 1 is 0.613 bits per heavy atom. The van der Waals surface area contributed by atoms with Gasteiger partial charge in [-0.05, 0) is 92.3 Å². The minimum absolute atomic E-state index is 0. The summed E-state index contributed by atoms with van der Waals surface area (Å²) in [6.45, 7) is 10.9. The fourth-order valence-electron chi connectivity index (χ4n) is 8.37. The fourth-order valence-corrected chi connectivity index (χ4v) is 8.37. The van der Waals surface area contributed by atoms with Crippen LogP contribution in [-0.4, -0.2) is 16.7 Å². The van der Waals surface area contributed by atoms with Crippen molar-refractivity contribution in [2.75, 3.05) is 0 Å². The van der Waals surface area contributed by atoms with Gasteiger partial charge in [-0.25, -0.2) is 0 Å². The Labute approximate surface area is 381 Å². The number of hydrogen-bond donors (Lipinski definition) is 0. The van der Waals surface area contributed by atoms with Gasteiger partial charge in [0.2, 0.25) is 0 Å². The number of aromatic nitrogens is 2. The third kappa shape index (κ3) is 7.44. The van der Waals surface area contributed by atoms with Gasteiger partial charge in [-0.1, -0.05) is 132 Å². The molecule has 0 aliphatic carbocycles. The molecule has 0 saturated heterocycles. The molecule has 7 heteroatoms. The summed E-state index contributed by atoms with van der Waals surface area (Å²) in [5, 5.41) is 2.04. The van der Waals surface area contributed by atoms with Crippen LogP contribution in [0.15, 0.2) is 150 Å². The van der Waals surface area contributed by atoms with Gasteiger partial charge >= 0.3 is 0 Å². The molecule has 62 heavy (non-hydrogen) atoms. The van der Waals surface area contributed by atoms with E-state index < -0.39 is 6.85 Å². The molecule has 3 aromatic heterocycles. The molecular formula is C55H45BIrN2O3-2. The predicted octanol–water partition coefficient (Wildman–Crippen LogP) is 12.3. The van der Waals surface area contributed by atoms with Gasteiger partial charge in [-0.3, -0.25) is 0 Å². The molecule has 307 valence electrons. The summed E-state index contributed by atoms with van der Waals surface area (Å²) in [5.41, 5.74) is 12.5. The molecule has 2 aliphatic rings. The number of fused-ring (bicyclic) bond motifs is 7. The molecule has 2 aliphatic heterocycles. The van der Waals surface area contributed by atoms with Crippen molar-refractivity contribution in [3.8, 4) is 56.6 Å². The molecular weight excluding hydrogens is 940 g/mol. The van der Waals surface area contributed by atoms with Crippen molar-refractivity contribution in [1.29, 1.82) is 0 Å². The molecule has 0 N–H and O–H groups in total. The second-order valence-electron chi connectivity index (χ2n) is 17.8. The molecule has 0 saturated carbocycles. The summed E-state index contributed by atoms with van der Waals surface area (Å²) >= 11 is 0. The first-order chi connectivity index (χ1) is 30.6. The van der Waals surface area contributed by atoms with Crippen LogP contribution in [0.2, 0.25) is 0 Å². The number of ether oxygens (including phenoxy) is 2. The molecule has 5 heterocycles. The first-order valence-corrected chi connectivity index (χ1v) is 20.7. The second-order valence-corrected chi connectivity index (χ2v) is 17.8. The van der Waals surface area contributed by atoms with Gasteiger partial charge in [0, 0.05) is 47.5 Å². The maximum atomic E-state index is 7.85. The summed E-state index contributed by atoms with van der Waals surface area (Å²) in [6.07, 6.45) is 3.67. The number of pyridine rings is 2. The fraction of sp³-hybridized carbons (Fsp3) is 0.164. The van der Waals surface area contributed by atoms with Crippen LogP contribution in [0, 0.1) is 19.0 Å². The van der Waals surface area contributed by atoms with Gasteiger partial charge in [-0.15, -0.1) is 47.5 Å². The molecule has 9 aromatic rings. The minimum Gasteiger partial charge on any atom is -0.501 e. The zero-order chi connectivity index (χ0) is 44.5. The quantitative estimate of drug-likeness (QED) is 0.130. The third-order valence-electron chi connectivity index (χ3n) is 11.7. The van der Waals surface area contributed by atoms with E-state index >= 15 is 0 Å². The van der Waals surface area contributed by atoms with Gasteiger partial charge in [0.25, 0.3) is 6.71 Å². The van der Waals surface area contributed by atoms with Crippen LogP contribution in [-0.2, 0) is 30.9 Å². The molecule has 0 amide bonds. The summed E-state index contributed by atoms with van der Waals surface area (Å²) in [4.78, 5) is 9.16. The van der Waals surface area contributed by atoms with Crippen molar-refractivity contribution in [3.63, 3.8) is 0 Å². The van der Waals surface area contributed by atoms with E-state index in [1.54, 1.807) is 12.3 Å². The Morgan fingerprint density at radius 2 is 1.27 bits per heavy atom. The summed E-state index contributed by atoms with van der Waals surface area (Å²) < 4.78 is 42.9. The van der Waals surface area contributed by atoms with Crippen molar-refractivity contribution in [2.45, 2.75) is 59.2 Å². The van der Waals surface area contributed by atoms with Gasteiger partial charge in [0.1, 0.15) is 28.6 Å². The first-order valence-electron chi connectivity index (χ1n) is 22.2. The summed E-state index contributed by atoms with van der Waals surface area (Å²) in [7, 11) is 0. The average Bonchev–Trinajstić information content (AvgIpc) is 3.65. The molecule has 5 nitrogen and oxygen atoms in total. The molecule has 11 rings (SSSR count). The van der Waals surface area contributed by atoms with Gasteiger partial charge < -0.3 is 23.9 Å². The average molecular weight is 988 g/mol. The van der Waals surface area contributed by atoms with Crippen LogP contribution < -0.4 is 25.9 Å². The number of benzene rings is 6. The number of furan rings is 1. The topological polar surface area (TPSA) is 57.4 Å². The van der Waals surface area contributed by atoms with Crippen LogP contribution >= 0.6 is 0 Å². The third-order valence-corrected chi connectivity index (χ3v) is 11.7. The number of nitrogens with zero attached hydrogens (tertiary/aromatic N) is 2. The molecule has 0 unspecified atom stereocenters. The largest absolute Gasteiger partial charge is 0.501 e. The zero-order valence-corrected chi connectivity index (χ0v) is 37.8. The molecule has 6 aromatic carbocycles. The Kier molecular flexibility index (Phi) is 9.61. The van der Waals surface area contributed by atoms with E-state index in [0.717, 1.165) is 89.4 Å². The van der Waals surface area contributed by atoms with E-state index in [0.29, 0.717) is 11.1 Å². The Bertz CT molecular complexity index is 3260. The van der Waals surface area contributed by atoms with Gasteiger partial charge in [-0.2, -0.15) is 0 Å². The Hall–Kier alpha value is -6.27. The van der Waals surface area contributed by atoms with E-state index in [4.69, 9.17) is 18.0 Å². The van der Waals surface area contributed by atoms with E-state index in [1.807, 2.05) is 85.1 Å². The maximum absolute atomic E-state index is 7.85. The number of rotatable bonds is 3. The van der Waals surface area contributed by atoms with Crippen LogP contribution in [0.3, 0.4) is 0 Å². The standard InChI is InChI=1S/C33H23BNO3.C22H22N.Ir/c1-33(2,3)19-14-15-35-25(16-19)21-9-6-8-20-22-17-30-24(18-29(22)38-32(20)21)34-23-10-4-5-11-26(23)36-27-12-7-13-28(37-30)31(27)34;1-16-10-11-18(14-20(16)17-8-6-5-7-9-17)21-15-19(12-13-23-21)22(2,3)4;/h4-8,10-18H,1-3H3;5-10,12-15H,1-4H3;/q2*-1;/i;1D3;. The SMILES string of the molecule is CC(C)(C)c1ccnc(-c2[c-]ccc3c2oc2cc4c(cc23)Oc2cccc3c2B4c2ccccc2O3)c1.[2H]C([2H])([2H])c1c[c-]c(-c2cc(C(C)(C)C)ccn2)cc1-c1ccccc1.[Ir]. The molecule has 0 atom stereocenters. The van der Waals surface area contributed by atoms with E-state index in [9.17, 15) is 0 Å². The molecule has 0 fully saturated rings. The summed E-state index contributed by atoms with van der Waals surface area (Å²) in [5.74, 6) is 3.39. The van der Waals surface area contributed by atoms with Crippen LogP contribution in [0.25, 0.3) is 55.6 Å². The van der Waals surface area contributed by atoms with Crippen LogP contribution in [0.5, 0.6) is 23.0 Å². The maximum Gasteiger partial charge on any atom is 0.260 e. The van der Waals surface area contributed by atoms with E-state index in [-0.39, 0.29) is 37.6 Å². The molecule has 0 spiro atoms. The second kappa shape index (κ2) is 15.9. The first kappa shape index (κ1) is 37.5. The predicted molar refractivity (Wildman–Crippen MR) is 250 cm³/mol. The zero-order valence-electron chi connectivity index (χ0n) is 38.4. The van der Waals surface area contributed by atoms with Crippen molar-refractivity contribution >= 4 is 45.0 Å². The number of aryl methyl sites for hydroxylation is 1. The molecule has 1 radical (unpaired) electrons. The van der Waals surface area contributed by atoms with Crippen molar-refractivity contribution < 1.29 is 38.1 Å². The number of hydrogen-bond acceptors (Lipinski definition) is 5. The monoisotopic (exact) mass is 988 g/mol. The summed E-state index contributed by atoms with van der Waals surface area (Å²) in [6, 6.07) is 50.4. The van der Waals surface area contributed by atoms with Crippen LogP contribution in [0.1, 0.15) is 62.3 Å².